The van der Waals surface area contributed by atoms with E-state index >= 15 is 0 Å². The van der Waals surface area contributed by atoms with Gasteiger partial charge >= 0.3 is 6.03 Å². The molecule has 5 heteroatoms. The van der Waals surface area contributed by atoms with Gasteiger partial charge in [-0.15, -0.1) is 0 Å². The molecule has 1 aromatic rings. The molecule has 0 bridgehead atoms. The number of carbonyl (C=O) groups is 1. The van der Waals surface area contributed by atoms with Crippen LogP contribution in [-0.2, 0) is 0 Å². The van der Waals surface area contributed by atoms with Crippen molar-refractivity contribution in [3.63, 3.8) is 0 Å². The van der Waals surface area contributed by atoms with Crippen molar-refractivity contribution in [2.45, 2.75) is 18.9 Å². The molecule has 98 valence electrons. The number of hydrogen-bond donors (Lipinski definition) is 2. The Kier molecular flexibility index (Phi) is 4.28. The third-order valence-electron chi connectivity index (χ3n) is 2.63. The summed E-state index contributed by atoms with van der Waals surface area (Å²) < 4.78 is 10.5. The molecule has 2 rings (SSSR count). The van der Waals surface area contributed by atoms with Crippen LogP contribution in [0.3, 0.4) is 0 Å². The highest BCUT2D eigenvalue weighted by Gasteiger charge is 2.22. The molecule has 5 nitrogen and oxygen atoms in total. The minimum Gasteiger partial charge on any atom is -0.497 e. The van der Waals surface area contributed by atoms with Gasteiger partial charge in [0.2, 0.25) is 0 Å². The SMILES string of the molecule is COc1ccc(OCCNC(=O)NC2CC2)cc1. The maximum absolute atomic E-state index is 11.3. The molecule has 0 aliphatic heterocycles. The lowest BCUT2D eigenvalue weighted by molar-refractivity contribution is 0.236. The quantitative estimate of drug-likeness (QED) is 0.753. The van der Waals surface area contributed by atoms with Crippen LogP contribution in [0, 0.1) is 0 Å². The van der Waals surface area contributed by atoms with Crippen molar-refractivity contribution in [3.8, 4) is 11.5 Å². The van der Waals surface area contributed by atoms with E-state index in [0.29, 0.717) is 19.2 Å². The van der Waals surface area contributed by atoms with Crippen LogP contribution in [0.15, 0.2) is 24.3 Å². The van der Waals surface area contributed by atoms with Gasteiger partial charge in [0, 0.05) is 6.04 Å². The van der Waals surface area contributed by atoms with Crippen LogP contribution in [0.5, 0.6) is 11.5 Å². The molecule has 1 fully saturated rings. The van der Waals surface area contributed by atoms with Gasteiger partial charge in [0.05, 0.1) is 13.7 Å². The van der Waals surface area contributed by atoms with E-state index in [9.17, 15) is 4.79 Å². The van der Waals surface area contributed by atoms with Crippen LogP contribution in [0.2, 0.25) is 0 Å². The monoisotopic (exact) mass is 250 g/mol. The maximum atomic E-state index is 11.3. The van der Waals surface area contributed by atoms with Crippen LogP contribution in [0.25, 0.3) is 0 Å². The molecule has 0 unspecified atom stereocenters. The number of benzene rings is 1. The second-order valence-corrected chi connectivity index (χ2v) is 4.20. The number of amides is 2. The van der Waals surface area contributed by atoms with Crippen LogP contribution in [0.4, 0.5) is 4.79 Å². The number of carbonyl (C=O) groups excluding carboxylic acids is 1. The standard InChI is InChI=1S/C13H18N2O3/c1-17-11-4-6-12(7-5-11)18-9-8-14-13(16)15-10-2-3-10/h4-7,10H,2-3,8-9H2,1H3,(H2,14,15,16). The Labute approximate surface area is 106 Å². The first-order valence-electron chi connectivity index (χ1n) is 6.09. The topological polar surface area (TPSA) is 59.6 Å². The van der Waals surface area contributed by atoms with Crippen molar-refractivity contribution in [3.05, 3.63) is 24.3 Å². The van der Waals surface area contributed by atoms with Gasteiger partial charge in [-0.1, -0.05) is 0 Å². The smallest absolute Gasteiger partial charge is 0.315 e. The summed E-state index contributed by atoms with van der Waals surface area (Å²) in [6, 6.07) is 7.61. The highest BCUT2D eigenvalue weighted by Crippen LogP contribution is 2.18. The first-order chi connectivity index (χ1) is 8.78. The molecule has 2 N–H and O–H groups in total. The number of rotatable bonds is 6. The van der Waals surface area contributed by atoms with Crippen LogP contribution >= 0.6 is 0 Å². The molecule has 0 radical (unpaired) electrons. The molecule has 0 heterocycles. The third kappa shape index (κ3) is 4.16. The largest absolute Gasteiger partial charge is 0.497 e. The summed E-state index contributed by atoms with van der Waals surface area (Å²) >= 11 is 0. The lowest BCUT2D eigenvalue weighted by atomic mass is 10.3. The number of hydrogen-bond acceptors (Lipinski definition) is 3. The fourth-order valence-corrected chi connectivity index (χ4v) is 1.47. The van der Waals surface area contributed by atoms with Gasteiger partial charge in [-0.3, -0.25) is 0 Å². The van der Waals surface area contributed by atoms with Crippen molar-refractivity contribution in [1.82, 2.24) is 10.6 Å². The number of ether oxygens (including phenoxy) is 2. The summed E-state index contributed by atoms with van der Waals surface area (Å²) in [4.78, 5) is 11.3. The molecular weight excluding hydrogens is 232 g/mol. The van der Waals surface area contributed by atoms with Crippen LogP contribution in [0.1, 0.15) is 12.8 Å². The van der Waals surface area contributed by atoms with E-state index in [1.54, 1.807) is 7.11 Å². The Morgan fingerprint density at radius 1 is 1.28 bits per heavy atom. The number of methoxy groups -OCH3 is 1. The Hall–Kier alpha value is -1.91. The van der Waals surface area contributed by atoms with E-state index in [1.165, 1.54) is 0 Å². The van der Waals surface area contributed by atoms with Gasteiger partial charge in [0.1, 0.15) is 18.1 Å². The second-order valence-electron chi connectivity index (χ2n) is 4.20. The van der Waals surface area contributed by atoms with Gasteiger partial charge in [-0.25, -0.2) is 4.79 Å². The molecule has 0 spiro atoms. The number of urea groups is 1. The Morgan fingerprint density at radius 2 is 1.94 bits per heavy atom. The minimum atomic E-state index is -0.115. The number of nitrogens with one attached hydrogen (secondary N) is 2. The molecule has 1 aromatic carbocycles. The van der Waals surface area contributed by atoms with E-state index in [4.69, 9.17) is 9.47 Å². The summed E-state index contributed by atoms with van der Waals surface area (Å²) in [6.45, 7) is 0.939. The first-order valence-corrected chi connectivity index (χ1v) is 6.09. The molecule has 1 saturated carbocycles. The van der Waals surface area contributed by atoms with E-state index in [-0.39, 0.29) is 6.03 Å². The average Bonchev–Trinajstić information content (AvgIpc) is 3.19. The zero-order chi connectivity index (χ0) is 12.8. The van der Waals surface area contributed by atoms with E-state index < -0.39 is 0 Å². The van der Waals surface area contributed by atoms with Crippen molar-refractivity contribution in [2.24, 2.45) is 0 Å². The second kappa shape index (κ2) is 6.14. The van der Waals surface area contributed by atoms with Gasteiger partial charge in [-0.05, 0) is 37.1 Å². The van der Waals surface area contributed by atoms with E-state index in [2.05, 4.69) is 10.6 Å². The lowest BCUT2D eigenvalue weighted by Crippen LogP contribution is -2.38. The van der Waals surface area contributed by atoms with Crippen LogP contribution in [-0.4, -0.2) is 32.3 Å². The van der Waals surface area contributed by atoms with E-state index in [0.717, 1.165) is 24.3 Å². The third-order valence-corrected chi connectivity index (χ3v) is 2.63. The van der Waals surface area contributed by atoms with Gasteiger partial charge in [0.25, 0.3) is 0 Å². The van der Waals surface area contributed by atoms with Gasteiger partial charge in [0.15, 0.2) is 0 Å². The predicted molar refractivity (Wildman–Crippen MR) is 68.0 cm³/mol. The van der Waals surface area contributed by atoms with Crippen molar-refractivity contribution < 1.29 is 14.3 Å². The predicted octanol–water partition coefficient (Wildman–Crippen LogP) is 1.54. The summed E-state index contributed by atoms with van der Waals surface area (Å²) in [7, 11) is 1.62. The highest BCUT2D eigenvalue weighted by atomic mass is 16.5. The molecule has 2 amide bonds. The Morgan fingerprint density at radius 3 is 2.56 bits per heavy atom. The normalized spacial score (nSPS) is 13.8. The average molecular weight is 250 g/mol. The molecule has 0 saturated heterocycles. The molecule has 0 atom stereocenters. The summed E-state index contributed by atoms with van der Waals surface area (Å²) in [6.07, 6.45) is 2.19. The van der Waals surface area contributed by atoms with Crippen molar-refractivity contribution >= 4 is 6.03 Å². The fraction of sp³-hybridized carbons (Fsp3) is 0.462. The molecule has 1 aliphatic carbocycles. The minimum absolute atomic E-state index is 0.115. The van der Waals surface area contributed by atoms with Gasteiger partial charge in [-0.2, -0.15) is 0 Å². The molecule has 18 heavy (non-hydrogen) atoms. The zero-order valence-corrected chi connectivity index (χ0v) is 10.4. The highest BCUT2D eigenvalue weighted by molar-refractivity contribution is 5.74. The fourth-order valence-electron chi connectivity index (χ4n) is 1.47. The Balaban J connectivity index is 1.60. The molecule has 1 aliphatic rings. The van der Waals surface area contributed by atoms with Gasteiger partial charge < -0.3 is 20.1 Å². The lowest BCUT2D eigenvalue weighted by Gasteiger charge is -2.08. The van der Waals surface area contributed by atoms with Crippen molar-refractivity contribution in [2.75, 3.05) is 20.3 Å². The zero-order valence-electron chi connectivity index (χ0n) is 10.4. The van der Waals surface area contributed by atoms with Crippen molar-refractivity contribution in [1.29, 1.82) is 0 Å². The maximum Gasteiger partial charge on any atom is 0.315 e. The summed E-state index contributed by atoms with van der Waals surface area (Å²) in [5, 5.41) is 5.59. The summed E-state index contributed by atoms with van der Waals surface area (Å²) in [5.74, 6) is 1.56. The molecule has 0 aromatic heterocycles. The summed E-state index contributed by atoms with van der Waals surface area (Å²) in [5.41, 5.74) is 0. The van der Waals surface area contributed by atoms with E-state index in [1.807, 2.05) is 24.3 Å². The Bertz CT molecular complexity index is 388. The van der Waals surface area contributed by atoms with Crippen LogP contribution < -0.4 is 20.1 Å². The molecular formula is C13H18N2O3. The first kappa shape index (κ1) is 12.5.